The molecule has 21 heavy (non-hydrogen) atoms. The highest BCUT2D eigenvalue weighted by atomic mass is 32.2. The molecule has 1 aromatic carbocycles. The number of rotatable bonds is 3. The molecule has 1 fully saturated rings. The molecule has 3 rings (SSSR count). The van der Waals surface area contributed by atoms with E-state index in [1.165, 1.54) is 15.6 Å². The Balaban J connectivity index is 1.95. The van der Waals surface area contributed by atoms with E-state index in [-0.39, 0.29) is 4.90 Å². The van der Waals surface area contributed by atoms with Gasteiger partial charge in [0.05, 0.1) is 23.8 Å². The third kappa shape index (κ3) is 2.93. The maximum Gasteiger partial charge on any atom is 0.243 e. The molecule has 1 aliphatic rings. The van der Waals surface area contributed by atoms with Gasteiger partial charge < -0.3 is 10.5 Å². The highest BCUT2D eigenvalue weighted by molar-refractivity contribution is 7.89. The van der Waals surface area contributed by atoms with Gasteiger partial charge in [-0.3, -0.25) is 0 Å². The summed E-state index contributed by atoms with van der Waals surface area (Å²) in [7, 11) is -3.49. The molecule has 1 aromatic heterocycles. The molecular formula is C13H15N3O3S2. The molecule has 0 spiro atoms. The average molecular weight is 325 g/mol. The number of benzene rings is 1. The molecule has 6 nitrogen and oxygen atoms in total. The van der Waals surface area contributed by atoms with Crippen molar-refractivity contribution in [2.24, 2.45) is 0 Å². The van der Waals surface area contributed by atoms with E-state index in [9.17, 15) is 8.42 Å². The summed E-state index contributed by atoms with van der Waals surface area (Å²) in [5.74, 6) is 0. The van der Waals surface area contributed by atoms with Gasteiger partial charge in [0.15, 0.2) is 5.13 Å². The van der Waals surface area contributed by atoms with E-state index in [2.05, 4.69) is 4.98 Å². The first kappa shape index (κ1) is 14.5. The van der Waals surface area contributed by atoms with Gasteiger partial charge in [0.25, 0.3) is 0 Å². The fraction of sp³-hybridized carbons (Fsp3) is 0.308. The highest BCUT2D eigenvalue weighted by Crippen LogP contribution is 2.26. The summed E-state index contributed by atoms with van der Waals surface area (Å²) in [5.41, 5.74) is 7.06. The zero-order valence-electron chi connectivity index (χ0n) is 11.2. The lowest BCUT2D eigenvalue weighted by Crippen LogP contribution is -2.40. The summed E-state index contributed by atoms with van der Waals surface area (Å²) in [6, 6.07) is 6.79. The lowest BCUT2D eigenvalue weighted by atomic mass is 10.2. The molecule has 1 aliphatic heterocycles. The van der Waals surface area contributed by atoms with E-state index < -0.39 is 10.0 Å². The van der Waals surface area contributed by atoms with Gasteiger partial charge in [-0.25, -0.2) is 13.4 Å². The number of anilines is 1. The zero-order valence-corrected chi connectivity index (χ0v) is 12.9. The Hall–Kier alpha value is -1.48. The Morgan fingerprint density at radius 1 is 1.29 bits per heavy atom. The van der Waals surface area contributed by atoms with E-state index in [0.29, 0.717) is 37.1 Å². The van der Waals surface area contributed by atoms with Gasteiger partial charge in [-0.2, -0.15) is 4.31 Å². The molecule has 112 valence electrons. The minimum absolute atomic E-state index is 0.272. The van der Waals surface area contributed by atoms with Gasteiger partial charge in [-0.05, 0) is 12.1 Å². The minimum atomic E-state index is -3.49. The second-order valence-electron chi connectivity index (χ2n) is 4.62. The van der Waals surface area contributed by atoms with Crippen molar-refractivity contribution >= 4 is 26.5 Å². The Labute approximate surface area is 127 Å². The Morgan fingerprint density at radius 3 is 2.71 bits per heavy atom. The molecule has 2 N–H and O–H groups in total. The van der Waals surface area contributed by atoms with Crippen molar-refractivity contribution in [2.45, 2.75) is 4.90 Å². The predicted octanol–water partition coefficient (Wildman–Crippen LogP) is 1.41. The van der Waals surface area contributed by atoms with E-state index in [0.717, 1.165) is 5.56 Å². The number of thiazole rings is 1. The van der Waals surface area contributed by atoms with Crippen LogP contribution in [0, 0.1) is 0 Å². The third-order valence-electron chi connectivity index (χ3n) is 3.26. The molecule has 2 aromatic rings. The van der Waals surface area contributed by atoms with Crippen molar-refractivity contribution in [3.8, 4) is 11.3 Å². The molecule has 8 heteroatoms. The molecule has 0 aliphatic carbocycles. The summed E-state index contributed by atoms with van der Waals surface area (Å²) in [6.45, 7) is 1.63. The first-order chi connectivity index (χ1) is 10.1. The molecule has 1 saturated heterocycles. The molecule has 0 radical (unpaired) electrons. The van der Waals surface area contributed by atoms with Gasteiger partial charge in [0.1, 0.15) is 0 Å². The van der Waals surface area contributed by atoms with Crippen molar-refractivity contribution in [2.75, 3.05) is 32.0 Å². The van der Waals surface area contributed by atoms with Crippen LogP contribution in [0.15, 0.2) is 34.5 Å². The smallest absolute Gasteiger partial charge is 0.243 e. The minimum Gasteiger partial charge on any atom is -0.379 e. The SMILES string of the molecule is Nc1nc(-c2cccc(S(=O)(=O)N3CCOCC3)c2)cs1. The van der Waals surface area contributed by atoms with Crippen LogP contribution in [0.3, 0.4) is 0 Å². The van der Waals surface area contributed by atoms with Gasteiger partial charge in [0, 0.05) is 24.0 Å². The number of aromatic nitrogens is 1. The number of nitrogens with zero attached hydrogens (tertiary/aromatic N) is 2. The number of ether oxygens (including phenoxy) is 1. The monoisotopic (exact) mass is 325 g/mol. The van der Waals surface area contributed by atoms with Crippen molar-refractivity contribution in [1.82, 2.24) is 9.29 Å². The Bertz CT molecular complexity index is 737. The zero-order chi connectivity index (χ0) is 14.9. The number of hydrogen-bond donors (Lipinski definition) is 1. The van der Waals surface area contributed by atoms with Crippen LogP contribution in [0.1, 0.15) is 0 Å². The van der Waals surface area contributed by atoms with Crippen molar-refractivity contribution in [3.63, 3.8) is 0 Å². The predicted molar refractivity (Wildman–Crippen MR) is 81.5 cm³/mol. The van der Waals surface area contributed by atoms with Gasteiger partial charge in [0.2, 0.25) is 10.0 Å². The fourth-order valence-corrected chi connectivity index (χ4v) is 4.20. The number of nitrogen functional groups attached to an aromatic ring is 1. The first-order valence-electron chi connectivity index (χ1n) is 6.47. The van der Waals surface area contributed by atoms with Crippen molar-refractivity contribution in [1.29, 1.82) is 0 Å². The van der Waals surface area contributed by atoms with E-state index in [1.807, 2.05) is 11.4 Å². The van der Waals surface area contributed by atoms with Crippen LogP contribution >= 0.6 is 11.3 Å². The number of sulfonamides is 1. The van der Waals surface area contributed by atoms with E-state index in [1.54, 1.807) is 18.2 Å². The van der Waals surface area contributed by atoms with Crippen LogP contribution in [-0.4, -0.2) is 44.0 Å². The third-order valence-corrected chi connectivity index (χ3v) is 5.83. The summed E-state index contributed by atoms with van der Waals surface area (Å²) in [5, 5.41) is 2.28. The lowest BCUT2D eigenvalue weighted by molar-refractivity contribution is 0.0730. The molecule has 0 unspecified atom stereocenters. The largest absolute Gasteiger partial charge is 0.379 e. The fourth-order valence-electron chi connectivity index (χ4n) is 2.17. The van der Waals surface area contributed by atoms with Gasteiger partial charge in [-0.1, -0.05) is 12.1 Å². The van der Waals surface area contributed by atoms with E-state index in [4.69, 9.17) is 10.5 Å². The maximum atomic E-state index is 12.6. The quantitative estimate of drug-likeness (QED) is 0.922. The molecule has 0 amide bonds. The van der Waals surface area contributed by atoms with Crippen molar-refractivity contribution in [3.05, 3.63) is 29.6 Å². The van der Waals surface area contributed by atoms with Crippen molar-refractivity contribution < 1.29 is 13.2 Å². The molecule has 0 bridgehead atoms. The van der Waals surface area contributed by atoms with Gasteiger partial charge >= 0.3 is 0 Å². The summed E-state index contributed by atoms with van der Waals surface area (Å²) in [6.07, 6.45) is 0. The molecule has 0 atom stereocenters. The molecule has 2 heterocycles. The average Bonchev–Trinajstić information content (AvgIpc) is 2.95. The standard InChI is InChI=1S/C13H15N3O3S2/c14-13-15-12(9-20-13)10-2-1-3-11(8-10)21(17,18)16-4-6-19-7-5-16/h1-3,8-9H,4-7H2,(H2,14,15). The summed E-state index contributed by atoms with van der Waals surface area (Å²) in [4.78, 5) is 4.46. The van der Waals surface area contributed by atoms with Crippen LogP contribution in [0.5, 0.6) is 0 Å². The van der Waals surface area contributed by atoms with Crippen LogP contribution in [0.2, 0.25) is 0 Å². The lowest BCUT2D eigenvalue weighted by Gasteiger charge is -2.26. The number of morpholine rings is 1. The van der Waals surface area contributed by atoms with E-state index >= 15 is 0 Å². The molecular weight excluding hydrogens is 310 g/mol. The summed E-state index contributed by atoms with van der Waals surface area (Å²) < 4.78 is 31.9. The van der Waals surface area contributed by atoms with Crippen LogP contribution in [0.4, 0.5) is 5.13 Å². The normalized spacial score (nSPS) is 17.0. The topological polar surface area (TPSA) is 85.5 Å². The Morgan fingerprint density at radius 2 is 2.05 bits per heavy atom. The molecule has 0 saturated carbocycles. The van der Waals surface area contributed by atoms with Crippen LogP contribution in [0.25, 0.3) is 11.3 Å². The number of nitrogens with two attached hydrogens (primary N) is 1. The van der Waals surface area contributed by atoms with Gasteiger partial charge in [-0.15, -0.1) is 11.3 Å². The maximum absolute atomic E-state index is 12.6. The second kappa shape index (κ2) is 5.72. The first-order valence-corrected chi connectivity index (χ1v) is 8.79. The van der Waals surface area contributed by atoms with Crippen LogP contribution < -0.4 is 5.73 Å². The number of hydrogen-bond acceptors (Lipinski definition) is 6. The van der Waals surface area contributed by atoms with Crippen LogP contribution in [-0.2, 0) is 14.8 Å². The second-order valence-corrected chi connectivity index (χ2v) is 7.44. The Kier molecular flexibility index (Phi) is 3.94. The summed E-state index contributed by atoms with van der Waals surface area (Å²) >= 11 is 1.33. The highest BCUT2D eigenvalue weighted by Gasteiger charge is 2.26.